The maximum absolute atomic E-state index is 12.1. The number of phenols is 1. The minimum absolute atomic E-state index is 0.0455. The van der Waals surface area contributed by atoms with Gasteiger partial charge in [0.15, 0.2) is 0 Å². The number of nitrogens with one attached hydrogen (secondary N) is 1. The molecule has 5 heteroatoms. The molecule has 0 saturated carbocycles. The quantitative estimate of drug-likeness (QED) is 0.842. The van der Waals surface area contributed by atoms with Crippen LogP contribution in [0.4, 0.5) is 0 Å². The molecule has 0 spiro atoms. The van der Waals surface area contributed by atoms with Gasteiger partial charge in [-0.25, -0.2) is 0 Å². The van der Waals surface area contributed by atoms with Gasteiger partial charge in [-0.15, -0.1) is 0 Å². The van der Waals surface area contributed by atoms with Crippen molar-refractivity contribution >= 4 is 29.3 Å². The number of hydrogen-bond acceptors (Lipinski definition) is 3. The maximum atomic E-state index is 12.1. The van der Waals surface area contributed by atoms with Gasteiger partial charge in [0.25, 0.3) is 5.91 Å². The Morgan fingerprint density at radius 3 is 2.58 bits per heavy atom. The Balaban J connectivity index is 2.77. The highest BCUT2D eigenvalue weighted by Crippen LogP contribution is 2.30. The van der Waals surface area contributed by atoms with Gasteiger partial charge in [0, 0.05) is 16.3 Å². The Kier molecular flexibility index (Phi) is 6.01. The maximum Gasteiger partial charge on any atom is 0.255 e. The Labute approximate surface area is 123 Å². The number of amides is 1. The van der Waals surface area contributed by atoms with Crippen molar-refractivity contribution in [1.29, 1.82) is 0 Å². The number of thioether (sulfide) groups is 1. The van der Waals surface area contributed by atoms with Crippen LogP contribution in [-0.4, -0.2) is 28.6 Å². The molecule has 0 aliphatic carbocycles. The van der Waals surface area contributed by atoms with E-state index in [0.29, 0.717) is 11.6 Å². The Hall–Kier alpha value is -0.870. The lowest BCUT2D eigenvalue weighted by atomic mass is 10.0. The van der Waals surface area contributed by atoms with Crippen LogP contribution in [0.1, 0.15) is 37.0 Å². The minimum Gasteiger partial charge on any atom is -0.507 e. The average Bonchev–Trinajstić information content (AvgIpc) is 2.43. The van der Waals surface area contributed by atoms with E-state index in [1.165, 1.54) is 12.1 Å². The van der Waals surface area contributed by atoms with Crippen LogP contribution in [0.3, 0.4) is 0 Å². The summed E-state index contributed by atoms with van der Waals surface area (Å²) >= 11 is 7.60. The second kappa shape index (κ2) is 7.06. The molecule has 0 heterocycles. The molecule has 106 valence electrons. The van der Waals surface area contributed by atoms with E-state index < -0.39 is 0 Å². The van der Waals surface area contributed by atoms with Crippen molar-refractivity contribution in [3.8, 4) is 5.75 Å². The highest BCUT2D eigenvalue weighted by Gasteiger charge is 2.26. The number of carbonyl (C=O) groups excluding carboxylic acids is 1. The molecule has 0 aliphatic heterocycles. The first-order valence-electron chi connectivity index (χ1n) is 6.30. The van der Waals surface area contributed by atoms with Gasteiger partial charge in [0.1, 0.15) is 5.75 Å². The monoisotopic (exact) mass is 301 g/mol. The summed E-state index contributed by atoms with van der Waals surface area (Å²) in [7, 11) is 0. The molecule has 0 fully saturated rings. The normalized spacial score (nSPS) is 11.4. The number of rotatable bonds is 6. The second-order valence-corrected chi connectivity index (χ2v) is 6.15. The first-order chi connectivity index (χ1) is 8.98. The molecule has 2 N–H and O–H groups in total. The van der Waals surface area contributed by atoms with Gasteiger partial charge in [0.2, 0.25) is 0 Å². The van der Waals surface area contributed by atoms with Crippen molar-refractivity contribution in [3.63, 3.8) is 0 Å². The minimum atomic E-state index is -0.291. The molecule has 0 bridgehead atoms. The fraction of sp³-hybridized carbons (Fsp3) is 0.500. The van der Waals surface area contributed by atoms with E-state index in [0.717, 1.165) is 12.8 Å². The van der Waals surface area contributed by atoms with E-state index in [-0.39, 0.29) is 22.0 Å². The highest BCUT2D eigenvalue weighted by atomic mass is 35.5. The third-order valence-electron chi connectivity index (χ3n) is 3.50. The first-order valence-corrected chi connectivity index (χ1v) is 7.90. The third kappa shape index (κ3) is 4.05. The molecule has 0 aliphatic rings. The van der Waals surface area contributed by atoms with Crippen LogP contribution in [0.15, 0.2) is 18.2 Å². The third-order valence-corrected chi connectivity index (χ3v) is 5.32. The molecule has 0 aromatic heterocycles. The van der Waals surface area contributed by atoms with Crippen LogP contribution in [0.2, 0.25) is 5.02 Å². The number of phenolic OH excluding ortho intramolecular Hbond substituents is 1. The van der Waals surface area contributed by atoms with Crippen LogP contribution in [0, 0.1) is 0 Å². The van der Waals surface area contributed by atoms with Gasteiger partial charge >= 0.3 is 0 Å². The van der Waals surface area contributed by atoms with Gasteiger partial charge in [-0.1, -0.05) is 25.4 Å². The molecular formula is C14H20ClNO2S. The fourth-order valence-corrected chi connectivity index (χ4v) is 2.85. The number of aromatic hydroxyl groups is 1. The summed E-state index contributed by atoms with van der Waals surface area (Å²) < 4.78 is 0.0455. The van der Waals surface area contributed by atoms with E-state index >= 15 is 0 Å². The van der Waals surface area contributed by atoms with Crippen LogP contribution in [0.5, 0.6) is 5.75 Å². The van der Waals surface area contributed by atoms with E-state index in [4.69, 9.17) is 11.6 Å². The first kappa shape index (κ1) is 16.2. The number of carbonyl (C=O) groups is 1. The van der Waals surface area contributed by atoms with Gasteiger partial charge in [-0.05, 0) is 37.3 Å². The molecule has 1 aromatic carbocycles. The topological polar surface area (TPSA) is 49.3 Å². The van der Waals surface area contributed by atoms with Crippen molar-refractivity contribution in [1.82, 2.24) is 5.32 Å². The molecule has 1 aromatic rings. The lowest BCUT2D eigenvalue weighted by Crippen LogP contribution is -2.39. The van der Waals surface area contributed by atoms with E-state index in [1.54, 1.807) is 17.8 Å². The molecule has 19 heavy (non-hydrogen) atoms. The van der Waals surface area contributed by atoms with Gasteiger partial charge < -0.3 is 10.4 Å². The predicted octanol–water partition coefficient (Wildman–Crippen LogP) is 3.70. The van der Waals surface area contributed by atoms with Crippen LogP contribution < -0.4 is 5.32 Å². The summed E-state index contributed by atoms with van der Waals surface area (Å²) in [5.74, 6) is -0.343. The largest absolute Gasteiger partial charge is 0.507 e. The van der Waals surface area contributed by atoms with Crippen LogP contribution in [-0.2, 0) is 0 Å². The summed E-state index contributed by atoms with van der Waals surface area (Å²) in [6, 6.07) is 4.46. The lowest BCUT2D eigenvalue weighted by molar-refractivity contribution is 0.0946. The summed E-state index contributed by atoms with van der Waals surface area (Å²) in [6.07, 6.45) is 4.01. The summed E-state index contributed by atoms with van der Waals surface area (Å²) in [6.45, 7) is 4.80. The van der Waals surface area contributed by atoms with Crippen molar-refractivity contribution in [2.45, 2.75) is 31.4 Å². The van der Waals surface area contributed by atoms with Crippen molar-refractivity contribution < 1.29 is 9.90 Å². The fourth-order valence-electron chi connectivity index (χ4n) is 1.89. The molecule has 1 amide bonds. The average molecular weight is 302 g/mol. The zero-order chi connectivity index (χ0) is 14.5. The highest BCUT2D eigenvalue weighted by molar-refractivity contribution is 8.00. The molecule has 0 unspecified atom stereocenters. The summed E-state index contributed by atoms with van der Waals surface area (Å²) in [5, 5.41) is 13.0. The second-order valence-electron chi connectivity index (χ2n) is 4.44. The number of halogens is 1. The van der Waals surface area contributed by atoms with Gasteiger partial charge in [-0.2, -0.15) is 11.8 Å². The van der Waals surface area contributed by atoms with E-state index in [2.05, 4.69) is 25.4 Å². The van der Waals surface area contributed by atoms with Crippen molar-refractivity contribution in [2.75, 3.05) is 12.8 Å². The lowest BCUT2D eigenvalue weighted by Gasteiger charge is -2.29. The molecule has 0 atom stereocenters. The van der Waals surface area contributed by atoms with Crippen LogP contribution >= 0.6 is 23.4 Å². The van der Waals surface area contributed by atoms with Crippen molar-refractivity contribution in [2.24, 2.45) is 0 Å². The zero-order valence-electron chi connectivity index (χ0n) is 11.5. The summed E-state index contributed by atoms with van der Waals surface area (Å²) in [4.78, 5) is 12.1. The summed E-state index contributed by atoms with van der Waals surface area (Å²) in [5.41, 5.74) is 0.217. The standard InChI is InChI=1S/C14H20ClNO2S/c1-4-14(5-2,19-3)9-16-13(18)11-8-10(15)6-7-12(11)17/h6-8,17H,4-5,9H2,1-3H3,(H,16,18). The van der Waals surface area contributed by atoms with Crippen LogP contribution in [0.25, 0.3) is 0 Å². The molecule has 0 radical (unpaired) electrons. The zero-order valence-corrected chi connectivity index (χ0v) is 13.1. The van der Waals surface area contributed by atoms with Crippen molar-refractivity contribution in [3.05, 3.63) is 28.8 Å². The Morgan fingerprint density at radius 2 is 2.05 bits per heavy atom. The van der Waals surface area contributed by atoms with E-state index in [1.807, 2.05) is 0 Å². The molecular weight excluding hydrogens is 282 g/mol. The molecule has 0 saturated heterocycles. The molecule has 1 rings (SSSR count). The van der Waals surface area contributed by atoms with Gasteiger partial charge in [-0.3, -0.25) is 4.79 Å². The SMILES string of the molecule is CCC(CC)(CNC(=O)c1cc(Cl)ccc1O)SC. The Bertz CT molecular complexity index is 439. The van der Waals surface area contributed by atoms with E-state index in [9.17, 15) is 9.90 Å². The predicted molar refractivity (Wildman–Crippen MR) is 82.3 cm³/mol. The number of benzene rings is 1. The number of hydrogen-bond donors (Lipinski definition) is 2. The smallest absolute Gasteiger partial charge is 0.255 e. The molecule has 3 nitrogen and oxygen atoms in total. The Morgan fingerprint density at radius 1 is 1.42 bits per heavy atom. The van der Waals surface area contributed by atoms with Gasteiger partial charge in [0.05, 0.1) is 5.56 Å².